The average Bonchev–Trinajstić information content (AvgIpc) is 2.92. The van der Waals surface area contributed by atoms with Crippen molar-refractivity contribution in [1.82, 2.24) is 0 Å². The molecule has 1 aliphatic carbocycles. The second kappa shape index (κ2) is 3.54. The first-order valence-corrected chi connectivity index (χ1v) is 4.84. The first-order valence-electron chi connectivity index (χ1n) is 4.30. The molecule has 70 valence electrons. The van der Waals surface area contributed by atoms with Crippen LogP contribution < -0.4 is 4.74 Å². The minimum atomic E-state index is -0.266. The molecule has 0 bridgehead atoms. The Balaban J connectivity index is 2.16. The van der Waals surface area contributed by atoms with Crippen LogP contribution >= 0.6 is 11.6 Å². The Morgan fingerprint density at radius 2 is 2.23 bits per heavy atom. The van der Waals surface area contributed by atoms with Gasteiger partial charge < -0.3 is 4.74 Å². The van der Waals surface area contributed by atoms with E-state index in [2.05, 4.69) is 0 Å². The van der Waals surface area contributed by atoms with Crippen LogP contribution in [-0.4, -0.2) is 6.10 Å². The van der Waals surface area contributed by atoms with Crippen LogP contribution in [-0.2, 0) is 5.88 Å². The van der Waals surface area contributed by atoms with Crippen molar-refractivity contribution >= 4 is 11.6 Å². The maximum absolute atomic E-state index is 13.0. The number of ether oxygens (including phenoxy) is 1. The number of hydrogen-bond donors (Lipinski definition) is 0. The summed E-state index contributed by atoms with van der Waals surface area (Å²) in [5.74, 6) is 0.644. The van der Waals surface area contributed by atoms with Gasteiger partial charge in [0.25, 0.3) is 0 Å². The Morgan fingerprint density at radius 1 is 1.46 bits per heavy atom. The lowest BCUT2D eigenvalue weighted by molar-refractivity contribution is 0.302. The lowest BCUT2D eigenvalue weighted by atomic mass is 10.2. The SMILES string of the molecule is Fc1ccc(OC2CC2)cc1CCl. The predicted octanol–water partition coefficient (Wildman–Crippen LogP) is 3.11. The molecule has 0 heterocycles. The van der Waals surface area contributed by atoms with Crippen LogP contribution in [0.4, 0.5) is 4.39 Å². The molecule has 0 aromatic heterocycles. The van der Waals surface area contributed by atoms with Gasteiger partial charge in [-0.3, -0.25) is 0 Å². The van der Waals surface area contributed by atoms with E-state index in [9.17, 15) is 4.39 Å². The molecule has 0 unspecified atom stereocenters. The fourth-order valence-corrected chi connectivity index (χ4v) is 1.31. The second-order valence-corrected chi connectivity index (χ2v) is 3.47. The summed E-state index contributed by atoms with van der Waals surface area (Å²) in [6, 6.07) is 4.71. The van der Waals surface area contributed by atoms with Gasteiger partial charge in [0.05, 0.1) is 12.0 Å². The largest absolute Gasteiger partial charge is 0.490 e. The maximum atomic E-state index is 13.0. The van der Waals surface area contributed by atoms with Crippen LogP contribution in [0.25, 0.3) is 0 Å². The van der Waals surface area contributed by atoms with Gasteiger partial charge in [-0.25, -0.2) is 4.39 Å². The minimum Gasteiger partial charge on any atom is -0.490 e. The van der Waals surface area contributed by atoms with Crippen LogP contribution in [0, 0.1) is 5.82 Å². The Hall–Kier alpha value is -0.760. The Labute approximate surface area is 81.5 Å². The van der Waals surface area contributed by atoms with Crippen LogP contribution in [0.5, 0.6) is 5.75 Å². The van der Waals surface area contributed by atoms with Crippen LogP contribution in [0.1, 0.15) is 18.4 Å². The molecule has 1 nitrogen and oxygen atoms in total. The standard InChI is InChI=1S/C10H10ClFO/c11-6-7-5-9(3-4-10(7)12)13-8-1-2-8/h3-5,8H,1-2,6H2. The van der Waals surface area contributed by atoms with Crippen molar-refractivity contribution in [3.8, 4) is 5.75 Å². The van der Waals surface area contributed by atoms with E-state index in [-0.39, 0.29) is 11.7 Å². The molecule has 0 aliphatic heterocycles. The second-order valence-electron chi connectivity index (χ2n) is 3.20. The number of rotatable bonds is 3. The molecule has 1 aromatic rings. The van der Waals surface area contributed by atoms with Crippen molar-refractivity contribution in [2.24, 2.45) is 0 Å². The zero-order valence-electron chi connectivity index (χ0n) is 7.09. The lowest BCUT2D eigenvalue weighted by Gasteiger charge is -2.05. The van der Waals surface area contributed by atoms with Crippen molar-refractivity contribution in [2.45, 2.75) is 24.8 Å². The third-order valence-electron chi connectivity index (χ3n) is 1.99. The van der Waals surface area contributed by atoms with Crippen molar-refractivity contribution in [3.63, 3.8) is 0 Å². The Morgan fingerprint density at radius 3 is 2.85 bits per heavy atom. The molecule has 0 saturated heterocycles. The third kappa shape index (κ3) is 2.13. The van der Waals surface area contributed by atoms with Gasteiger partial charge in [-0.1, -0.05) is 0 Å². The van der Waals surface area contributed by atoms with E-state index >= 15 is 0 Å². The van der Waals surface area contributed by atoms with Crippen LogP contribution in [0.3, 0.4) is 0 Å². The summed E-state index contributed by atoms with van der Waals surface area (Å²) >= 11 is 5.56. The van der Waals surface area contributed by atoms with Gasteiger partial charge in [-0.2, -0.15) is 0 Å². The van der Waals surface area contributed by atoms with E-state index in [0.717, 1.165) is 18.6 Å². The minimum absolute atomic E-state index is 0.188. The normalized spacial score (nSPS) is 15.8. The molecule has 3 heteroatoms. The number of halogens is 2. The molecule has 1 aliphatic rings. The highest BCUT2D eigenvalue weighted by atomic mass is 35.5. The van der Waals surface area contributed by atoms with E-state index in [1.807, 2.05) is 0 Å². The fraction of sp³-hybridized carbons (Fsp3) is 0.400. The highest BCUT2D eigenvalue weighted by Crippen LogP contribution is 2.28. The summed E-state index contributed by atoms with van der Waals surface area (Å²) in [6.07, 6.45) is 2.55. The molecule has 1 saturated carbocycles. The zero-order chi connectivity index (χ0) is 9.26. The summed E-state index contributed by atoms with van der Waals surface area (Å²) < 4.78 is 18.5. The highest BCUT2D eigenvalue weighted by molar-refractivity contribution is 6.17. The predicted molar refractivity (Wildman–Crippen MR) is 49.6 cm³/mol. The molecule has 13 heavy (non-hydrogen) atoms. The first-order chi connectivity index (χ1) is 6.29. The lowest BCUT2D eigenvalue weighted by Crippen LogP contribution is -1.97. The molecular weight excluding hydrogens is 191 g/mol. The van der Waals surface area contributed by atoms with Gasteiger partial charge >= 0.3 is 0 Å². The van der Waals surface area contributed by atoms with Crippen LogP contribution in [0.15, 0.2) is 18.2 Å². The monoisotopic (exact) mass is 200 g/mol. The van der Waals surface area contributed by atoms with Gasteiger partial charge in [0, 0.05) is 5.56 Å². The molecule has 0 radical (unpaired) electrons. The molecule has 1 fully saturated rings. The van der Waals surface area contributed by atoms with Gasteiger partial charge in [0.1, 0.15) is 11.6 Å². The number of hydrogen-bond acceptors (Lipinski definition) is 1. The Bertz CT molecular complexity index is 310. The summed E-state index contributed by atoms with van der Waals surface area (Å²) in [5, 5.41) is 0. The van der Waals surface area contributed by atoms with Crippen molar-refractivity contribution in [2.75, 3.05) is 0 Å². The topological polar surface area (TPSA) is 9.23 Å². The first kappa shape index (κ1) is 8.82. The molecule has 1 aromatic carbocycles. The van der Waals surface area contributed by atoms with E-state index in [0.29, 0.717) is 11.7 Å². The maximum Gasteiger partial charge on any atom is 0.127 e. The quantitative estimate of drug-likeness (QED) is 0.682. The summed E-state index contributed by atoms with van der Waals surface area (Å²) in [4.78, 5) is 0. The molecule has 0 N–H and O–H groups in total. The summed E-state index contributed by atoms with van der Waals surface area (Å²) in [6.45, 7) is 0. The van der Waals surface area contributed by atoms with E-state index in [4.69, 9.17) is 16.3 Å². The van der Waals surface area contributed by atoms with Gasteiger partial charge in [-0.15, -0.1) is 11.6 Å². The van der Waals surface area contributed by atoms with E-state index in [1.54, 1.807) is 12.1 Å². The number of benzene rings is 1. The van der Waals surface area contributed by atoms with Gasteiger partial charge in [-0.05, 0) is 31.0 Å². The van der Waals surface area contributed by atoms with Crippen molar-refractivity contribution in [3.05, 3.63) is 29.6 Å². The Kier molecular flexibility index (Phi) is 2.40. The highest BCUT2D eigenvalue weighted by Gasteiger charge is 2.23. The molecule has 2 rings (SSSR count). The van der Waals surface area contributed by atoms with E-state index in [1.165, 1.54) is 6.07 Å². The van der Waals surface area contributed by atoms with Gasteiger partial charge in [0.15, 0.2) is 0 Å². The molecular formula is C10H10ClFO. The summed E-state index contributed by atoms with van der Waals surface area (Å²) in [5.41, 5.74) is 0.500. The van der Waals surface area contributed by atoms with Crippen LogP contribution in [0.2, 0.25) is 0 Å². The van der Waals surface area contributed by atoms with E-state index < -0.39 is 0 Å². The fourth-order valence-electron chi connectivity index (χ4n) is 1.11. The number of alkyl halides is 1. The smallest absolute Gasteiger partial charge is 0.127 e. The third-order valence-corrected chi connectivity index (χ3v) is 2.28. The average molecular weight is 201 g/mol. The zero-order valence-corrected chi connectivity index (χ0v) is 7.85. The van der Waals surface area contributed by atoms with Gasteiger partial charge in [0.2, 0.25) is 0 Å². The molecule has 0 atom stereocenters. The molecule has 0 amide bonds. The van der Waals surface area contributed by atoms with Crippen molar-refractivity contribution < 1.29 is 9.13 Å². The summed E-state index contributed by atoms with van der Waals surface area (Å²) in [7, 11) is 0. The van der Waals surface area contributed by atoms with Crippen molar-refractivity contribution in [1.29, 1.82) is 0 Å². The molecule has 0 spiro atoms.